The largest absolute Gasteiger partial charge is 0.390 e. The van der Waals surface area contributed by atoms with Crippen LogP contribution in [0.1, 0.15) is 25.8 Å². The van der Waals surface area contributed by atoms with Gasteiger partial charge < -0.3 is 9.84 Å². The van der Waals surface area contributed by atoms with Crippen LogP contribution in [0.4, 0.5) is 22.0 Å². The smallest absolute Gasteiger partial charge is 0.200 e. The van der Waals surface area contributed by atoms with Crippen molar-refractivity contribution in [1.82, 2.24) is 0 Å². The fourth-order valence-corrected chi connectivity index (χ4v) is 1.27. The predicted molar refractivity (Wildman–Crippen MR) is 56.8 cm³/mol. The number of ether oxygens (including phenoxy) is 1. The minimum Gasteiger partial charge on any atom is -0.390 e. The van der Waals surface area contributed by atoms with Crippen LogP contribution in [0.25, 0.3) is 0 Å². The van der Waals surface area contributed by atoms with Gasteiger partial charge in [0.1, 0.15) is 0 Å². The predicted octanol–water partition coefficient (Wildman–Crippen LogP) is 3.06. The number of hydrogen-bond acceptors (Lipinski definition) is 2. The van der Waals surface area contributed by atoms with Crippen LogP contribution in [0.15, 0.2) is 0 Å². The van der Waals surface area contributed by atoms with Gasteiger partial charge in [0.25, 0.3) is 0 Å². The Morgan fingerprint density at radius 3 is 1.74 bits per heavy atom. The minimum absolute atomic E-state index is 0.0804. The van der Waals surface area contributed by atoms with Crippen LogP contribution in [0.3, 0.4) is 0 Å². The molecular formula is C12H13F5O2. The fraction of sp³-hybridized carbons (Fsp3) is 0.500. The summed E-state index contributed by atoms with van der Waals surface area (Å²) < 4.78 is 69.7. The lowest BCUT2D eigenvalue weighted by Crippen LogP contribution is -2.21. The van der Waals surface area contributed by atoms with E-state index >= 15 is 0 Å². The maximum atomic E-state index is 13.2. The Hall–Kier alpha value is -1.21. The van der Waals surface area contributed by atoms with E-state index in [9.17, 15) is 27.1 Å². The fourth-order valence-electron chi connectivity index (χ4n) is 1.27. The summed E-state index contributed by atoms with van der Waals surface area (Å²) in [6.45, 7) is 2.15. The molecule has 1 aromatic carbocycles. The van der Waals surface area contributed by atoms with E-state index in [-0.39, 0.29) is 13.0 Å². The summed E-state index contributed by atoms with van der Waals surface area (Å²) in [5.74, 6) is -10.0. The third kappa shape index (κ3) is 3.87. The molecule has 1 aromatic rings. The second-order valence-corrected chi connectivity index (χ2v) is 4.66. The molecule has 0 aliphatic rings. The van der Waals surface area contributed by atoms with Gasteiger partial charge in [-0.2, -0.15) is 0 Å². The summed E-state index contributed by atoms with van der Waals surface area (Å²) in [4.78, 5) is 0. The molecule has 0 saturated carbocycles. The molecule has 0 unspecified atom stereocenters. The van der Waals surface area contributed by atoms with Gasteiger partial charge in [-0.1, -0.05) is 0 Å². The van der Waals surface area contributed by atoms with Gasteiger partial charge in [-0.15, -0.1) is 0 Å². The van der Waals surface area contributed by atoms with Crippen molar-refractivity contribution in [3.8, 4) is 0 Å². The summed E-state index contributed by atoms with van der Waals surface area (Å²) in [6.07, 6.45) is 0.155. The topological polar surface area (TPSA) is 29.5 Å². The van der Waals surface area contributed by atoms with Crippen molar-refractivity contribution in [1.29, 1.82) is 0 Å². The molecule has 1 rings (SSSR count). The van der Waals surface area contributed by atoms with E-state index in [4.69, 9.17) is 4.74 Å². The molecule has 0 aliphatic carbocycles. The standard InChI is InChI=1S/C12H13F5O2/c1-12(2,18)3-4-19-5-6-7(13)9(15)11(17)10(16)8(6)14/h18H,3-5H2,1-2H3. The number of hydrogen-bond donors (Lipinski definition) is 1. The Kier molecular flexibility index (Phi) is 4.86. The number of rotatable bonds is 5. The Morgan fingerprint density at radius 2 is 1.32 bits per heavy atom. The van der Waals surface area contributed by atoms with Crippen LogP contribution < -0.4 is 0 Å². The highest BCUT2D eigenvalue weighted by molar-refractivity contribution is 5.23. The quantitative estimate of drug-likeness (QED) is 0.390. The van der Waals surface area contributed by atoms with E-state index in [1.807, 2.05) is 0 Å². The molecule has 0 heterocycles. The Balaban J connectivity index is 2.80. The number of halogens is 5. The Bertz CT molecular complexity index is 439. The molecule has 19 heavy (non-hydrogen) atoms. The highest BCUT2D eigenvalue weighted by atomic mass is 19.2. The average molecular weight is 284 g/mol. The highest BCUT2D eigenvalue weighted by Crippen LogP contribution is 2.23. The highest BCUT2D eigenvalue weighted by Gasteiger charge is 2.25. The molecule has 0 aliphatic heterocycles. The Labute approximate surface area is 106 Å². The summed E-state index contributed by atoms with van der Waals surface area (Å²) in [5, 5.41) is 9.35. The first-order valence-corrected chi connectivity index (χ1v) is 5.45. The third-order valence-electron chi connectivity index (χ3n) is 2.41. The zero-order chi connectivity index (χ0) is 14.8. The molecule has 0 bridgehead atoms. The first kappa shape index (κ1) is 15.8. The van der Waals surface area contributed by atoms with Gasteiger partial charge in [-0.3, -0.25) is 0 Å². The second kappa shape index (κ2) is 5.83. The molecule has 2 nitrogen and oxygen atoms in total. The van der Waals surface area contributed by atoms with E-state index in [0.717, 1.165) is 0 Å². The van der Waals surface area contributed by atoms with E-state index in [1.54, 1.807) is 0 Å². The van der Waals surface area contributed by atoms with Gasteiger partial charge in [0.05, 0.1) is 17.8 Å². The first-order chi connectivity index (χ1) is 8.65. The lowest BCUT2D eigenvalue weighted by atomic mass is 10.1. The SMILES string of the molecule is CC(C)(O)CCOCc1c(F)c(F)c(F)c(F)c1F. The van der Waals surface area contributed by atoms with E-state index < -0.39 is 46.9 Å². The summed E-state index contributed by atoms with van der Waals surface area (Å²) in [6, 6.07) is 0. The molecule has 0 radical (unpaired) electrons. The van der Waals surface area contributed by atoms with Crippen LogP contribution in [0.2, 0.25) is 0 Å². The van der Waals surface area contributed by atoms with Crippen LogP contribution in [0.5, 0.6) is 0 Å². The zero-order valence-electron chi connectivity index (χ0n) is 10.4. The van der Waals surface area contributed by atoms with Gasteiger partial charge in [0.15, 0.2) is 23.3 Å². The van der Waals surface area contributed by atoms with Gasteiger partial charge in [-0.05, 0) is 20.3 Å². The van der Waals surface area contributed by atoms with E-state index in [2.05, 4.69) is 0 Å². The maximum Gasteiger partial charge on any atom is 0.200 e. The van der Waals surface area contributed by atoms with Gasteiger partial charge in [0, 0.05) is 6.61 Å². The zero-order valence-corrected chi connectivity index (χ0v) is 10.4. The first-order valence-electron chi connectivity index (χ1n) is 5.45. The summed E-state index contributed by atoms with van der Waals surface area (Å²) >= 11 is 0. The van der Waals surface area contributed by atoms with E-state index in [0.29, 0.717) is 0 Å². The lowest BCUT2D eigenvalue weighted by molar-refractivity contribution is 0.0223. The Morgan fingerprint density at radius 1 is 0.895 bits per heavy atom. The van der Waals surface area contributed by atoms with Crippen molar-refractivity contribution in [2.75, 3.05) is 6.61 Å². The molecule has 0 amide bonds. The summed E-state index contributed by atoms with van der Waals surface area (Å²) in [5.41, 5.74) is -2.07. The van der Waals surface area contributed by atoms with Crippen molar-refractivity contribution in [3.63, 3.8) is 0 Å². The normalized spacial score (nSPS) is 12.0. The van der Waals surface area contributed by atoms with E-state index in [1.165, 1.54) is 13.8 Å². The monoisotopic (exact) mass is 284 g/mol. The minimum atomic E-state index is -2.20. The molecule has 0 spiro atoms. The van der Waals surface area contributed by atoms with Gasteiger partial charge in [0.2, 0.25) is 5.82 Å². The third-order valence-corrected chi connectivity index (χ3v) is 2.41. The van der Waals surface area contributed by atoms with Crippen molar-refractivity contribution in [3.05, 3.63) is 34.6 Å². The van der Waals surface area contributed by atoms with Crippen LogP contribution in [-0.4, -0.2) is 17.3 Å². The molecule has 0 atom stereocenters. The molecule has 0 saturated heterocycles. The molecular weight excluding hydrogens is 271 g/mol. The van der Waals surface area contributed by atoms with Crippen molar-refractivity contribution in [2.24, 2.45) is 0 Å². The van der Waals surface area contributed by atoms with Crippen LogP contribution in [-0.2, 0) is 11.3 Å². The van der Waals surface area contributed by atoms with Crippen molar-refractivity contribution < 1.29 is 31.8 Å². The van der Waals surface area contributed by atoms with Crippen LogP contribution >= 0.6 is 0 Å². The molecule has 0 fully saturated rings. The number of benzene rings is 1. The van der Waals surface area contributed by atoms with Gasteiger partial charge in [-0.25, -0.2) is 22.0 Å². The summed E-state index contributed by atoms with van der Waals surface area (Å²) in [7, 11) is 0. The molecule has 0 aromatic heterocycles. The average Bonchev–Trinajstić information content (AvgIpc) is 2.32. The van der Waals surface area contributed by atoms with Crippen molar-refractivity contribution in [2.45, 2.75) is 32.5 Å². The lowest BCUT2D eigenvalue weighted by Gasteiger charge is -2.16. The molecule has 1 N–H and O–H groups in total. The second-order valence-electron chi connectivity index (χ2n) is 4.66. The molecule has 108 valence electrons. The number of aliphatic hydroxyl groups is 1. The molecule has 7 heteroatoms. The van der Waals surface area contributed by atoms with Crippen molar-refractivity contribution >= 4 is 0 Å². The van der Waals surface area contributed by atoms with Crippen LogP contribution in [0, 0.1) is 29.1 Å². The maximum absolute atomic E-state index is 13.2. The van der Waals surface area contributed by atoms with Gasteiger partial charge >= 0.3 is 0 Å².